The van der Waals surface area contributed by atoms with Gasteiger partial charge in [0.15, 0.2) is 5.13 Å². The van der Waals surface area contributed by atoms with Crippen molar-refractivity contribution in [2.24, 2.45) is 11.8 Å². The number of carbonyl (C=O) groups is 1. The monoisotopic (exact) mass is 634 g/mol. The van der Waals surface area contributed by atoms with E-state index in [1.807, 2.05) is 18.2 Å². The van der Waals surface area contributed by atoms with Crippen LogP contribution in [0.5, 0.6) is 0 Å². The van der Waals surface area contributed by atoms with Crippen LogP contribution >= 0.6 is 27.3 Å². The molecular weight excluding hydrogens is 600 g/mol. The van der Waals surface area contributed by atoms with Crippen molar-refractivity contribution >= 4 is 58.5 Å². The van der Waals surface area contributed by atoms with Crippen LogP contribution in [-0.2, 0) is 14.8 Å². The van der Waals surface area contributed by atoms with Gasteiger partial charge >= 0.3 is 0 Å². The first kappa shape index (κ1) is 28.6. The summed E-state index contributed by atoms with van der Waals surface area (Å²) in [7, 11) is -3.61. The number of morpholine rings is 1. The molecule has 0 spiro atoms. The summed E-state index contributed by atoms with van der Waals surface area (Å²) < 4.78 is 35.7. The van der Waals surface area contributed by atoms with Crippen molar-refractivity contribution in [2.75, 3.05) is 57.4 Å². The first-order chi connectivity index (χ1) is 18.7. The second-order valence-electron chi connectivity index (χ2n) is 10.7. The molecular formula is C28H35BrN4O4S2. The fourth-order valence-electron chi connectivity index (χ4n) is 5.44. The number of carbonyl (C=O) groups excluding carboxylic acids is 1. The number of hydrogen-bond acceptors (Lipinski definition) is 7. The van der Waals surface area contributed by atoms with Crippen LogP contribution in [0.1, 0.15) is 37.0 Å². The molecule has 2 unspecified atom stereocenters. The van der Waals surface area contributed by atoms with E-state index in [0.717, 1.165) is 60.4 Å². The van der Waals surface area contributed by atoms with Gasteiger partial charge in [0.2, 0.25) is 10.0 Å². The first-order valence-electron chi connectivity index (χ1n) is 13.5. The summed E-state index contributed by atoms with van der Waals surface area (Å²) in [5, 5.41) is 0.642. The molecule has 210 valence electrons. The number of fused-ring (bicyclic) bond motifs is 1. The summed E-state index contributed by atoms with van der Waals surface area (Å²) in [5.74, 6) is 0.467. The molecule has 0 saturated carbocycles. The van der Waals surface area contributed by atoms with Gasteiger partial charge in [-0.2, -0.15) is 4.31 Å². The molecule has 5 rings (SSSR count). The average Bonchev–Trinajstić information content (AvgIpc) is 3.33. The topological polar surface area (TPSA) is 83.1 Å². The van der Waals surface area contributed by atoms with Crippen LogP contribution in [0.2, 0.25) is 0 Å². The molecule has 2 aromatic carbocycles. The molecule has 2 saturated heterocycles. The summed E-state index contributed by atoms with van der Waals surface area (Å²) in [4.78, 5) is 22.9. The van der Waals surface area contributed by atoms with Crippen molar-refractivity contribution in [1.82, 2.24) is 14.2 Å². The van der Waals surface area contributed by atoms with E-state index in [-0.39, 0.29) is 10.8 Å². The normalized spacial score (nSPS) is 21.3. The number of ether oxygens (including phenoxy) is 1. The Balaban J connectivity index is 1.37. The number of amides is 1. The molecule has 11 heteroatoms. The largest absolute Gasteiger partial charge is 0.379 e. The molecule has 2 aliphatic heterocycles. The van der Waals surface area contributed by atoms with Gasteiger partial charge in [0.1, 0.15) is 0 Å². The molecule has 0 N–H and O–H groups in total. The number of piperidine rings is 1. The lowest BCUT2D eigenvalue weighted by Crippen LogP contribution is -2.42. The zero-order valence-corrected chi connectivity index (χ0v) is 25.6. The van der Waals surface area contributed by atoms with Crippen LogP contribution in [0.3, 0.4) is 0 Å². The predicted octanol–water partition coefficient (Wildman–Crippen LogP) is 5.09. The molecule has 39 heavy (non-hydrogen) atoms. The summed E-state index contributed by atoms with van der Waals surface area (Å²) in [5.41, 5.74) is 1.29. The van der Waals surface area contributed by atoms with Crippen molar-refractivity contribution in [3.63, 3.8) is 0 Å². The standard InChI is InChI=1S/C28H35BrN4O4S2/c1-20-16-21(2)19-32(18-20)39(35,36)24-7-4-22(5-8-24)27(34)33(11-3-10-31-12-14-37-15-13-31)28-30-25-9-6-23(29)17-26(25)38-28/h4-9,17,20-21H,3,10-16,18-19H2,1-2H3. The molecule has 0 aliphatic carbocycles. The van der Waals surface area contributed by atoms with E-state index in [0.29, 0.717) is 42.2 Å². The third-order valence-corrected chi connectivity index (χ3v) is 10.7. The number of anilines is 1. The summed E-state index contributed by atoms with van der Waals surface area (Å²) in [6.07, 6.45) is 1.83. The predicted molar refractivity (Wildman–Crippen MR) is 159 cm³/mol. The van der Waals surface area contributed by atoms with Gasteiger partial charge < -0.3 is 4.74 Å². The lowest BCUT2D eigenvalue weighted by atomic mass is 9.94. The van der Waals surface area contributed by atoms with E-state index in [1.165, 1.54) is 11.3 Å². The average molecular weight is 636 g/mol. The van der Waals surface area contributed by atoms with Gasteiger partial charge in [0.25, 0.3) is 5.91 Å². The minimum Gasteiger partial charge on any atom is -0.379 e. The van der Waals surface area contributed by atoms with Crippen molar-refractivity contribution < 1.29 is 17.9 Å². The third-order valence-electron chi connectivity index (χ3n) is 7.35. The second kappa shape index (κ2) is 12.3. The Morgan fingerprint density at radius 1 is 1.10 bits per heavy atom. The summed E-state index contributed by atoms with van der Waals surface area (Å²) in [6, 6.07) is 12.3. The molecule has 2 fully saturated rings. The van der Waals surface area contributed by atoms with Crippen molar-refractivity contribution in [2.45, 2.75) is 31.6 Å². The number of rotatable bonds is 8. The highest BCUT2D eigenvalue weighted by Gasteiger charge is 2.32. The van der Waals surface area contributed by atoms with Crippen LogP contribution in [0.15, 0.2) is 51.8 Å². The Kier molecular flexibility index (Phi) is 9.04. The van der Waals surface area contributed by atoms with Gasteiger partial charge in [-0.15, -0.1) is 0 Å². The van der Waals surface area contributed by atoms with Gasteiger partial charge in [-0.1, -0.05) is 41.1 Å². The fourth-order valence-corrected chi connectivity index (χ4v) is 8.66. The second-order valence-corrected chi connectivity index (χ2v) is 14.5. The smallest absolute Gasteiger partial charge is 0.260 e. The highest BCUT2D eigenvalue weighted by molar-refractivity contribution is 9.10. The lowest BCUT2D eigenvalue weighted by molar-refractivity contribution is 0.0376. The van der Waals surface area contributed by atoms with Gasteiger partial charge in [0, 0.05) is 49.3 Å². The summed E-state index contributed by atoms with van der Waals surface area (Å²) >= 11 is 5.00. The van der Waals surface area contributed by atoms with E-state index < -0.39 is 10.0 Å². The maximum absolute atomic E-state index is 13.8. The lowest BCUT2D eigenvalue weighted by Gasteiger charge is -2.34. The van der Waals surface area contributed by atoms with Gasteiger partial charge in [0.05, 0.1) is 28.3 Å². The van der Waals surface area contributed by atoms with E-state index in [9.17, 15) is 13.2 Å². The number of aromatic nitrogens is 1. The van der Waals surface area contributed by atoms with Crippen molar-refractivity contribution in [1.29, 1.82) is 0 Å². The van der Waals surface area contributed by atoms with Crippen LogP contribution in [-0.4, -0.2) is 81.0 Å². The third kappa shape index (κ3) is 6.71. The molecule has 2 atom stereocenters. The Hall–Kier alpha value is -1.89. The maximum Gasteiger partial charge on any atom is 0.260 e. The zero-order valence-electron chi connectivity index (χ0n) is 22.4. The Morgan fingerprint density at radius 2 is 1.79 bits per heavy atom. The molecule has 3 aromatic rings. The van der Waals surface area contributed by atoms with Gasteiger partial charge in [-0.05, 0) is 67.1 Å². The fraction of sp³-hybridized carbons (Fsp3) is 0.500. The Bertz CT molecular complexity index is 1400. The number of hydrogen-bond donors (Lipinski definition) is 0. The van der Waals surface area contributed by atoms with Crippen molar-refractivity contribution in [3.05, 3.63) is 52.5 Å². The summed E-state index contributed by atoms with van der Waals surface area (Å²) in [6.45, 7) is 9.88. The first-order valence-corrected chi connectivity index (χ1v) is 16.5. The SMILES string of the molecule is CC1CC(C)CN(S(=O)(=O)c2ccc(C(=O)N(CCCN3CCOCC3)c3nc4ccc(Br)cc4s3)cc2)C1. The van der Waals surface area contributed by atoms with Crippen LogP contribution < -0.4 is 4.90 Å². The molecule has 1 aromatic heterocycles. The number of sulfonamides is 1. The zero-order chi connectivity index (χ0) is 27.6. The molecule has 3 heterocycles. The van der Waals surface area contributed by atoms with E-state index in [2.05, 4.69) is 34.7 Å². The number of thiazole rings is 1. The Labute approximate surface area is 243 Å². The molecule has 1 amide bonds. The number of halogens is 1. The number of benzene rings is 2. The quantitative estimate of drug-likeness (QED) is 0.343. The maximum atomic E-state index is 13.8. The highest BCUT2D eigenvalue weighted by atomic mass is 79.9. The Morgan fingerprint density at radius 3 is 2.49 bits per heavy atom. The van der Waals surface area contributed by atoms with Crippen LogP contribution in [0, 0.1) is 11.8 Å². The highest BCUT2D eigenvalue weighted by Crippen LogP contribution is 2.32. The van der Waals surface area contributed by atoms with Crippen molar-refractivity contribution in [3.8, 4) is 0 Å². The van der Waals surface area contributed by atoms with Crippen LogP contribution in [0.4, 0.5) is 5.13 Å². The van der Waals surface area contributed by atoms with Gasteiger partial charge in [-0.3, -0.25) is 14.6 Å². The van der Waals surface area contributed by atoms with E-state index in [4.69, 9.17) is 9.72 Å². The minimum absolute atomic E-state index is 0.181. The molecule has 0 radical (unpaired) electrons. The minimum atomic E-state index is -3.61. The van der Waals surface area contributed by atoms with E-state index >= 15 is 0 Å². The molecule has 8 nitrogen and oxygen atoms in total. The van der Waals surface area contributed by atoms with Gasteiger partial charge in [-0.25, -0.2) is 13.4 Å². The number of nitrogens with zero attached hydrogens (tertiary/aromatic N) is 4. The molecule has 0 bridgehead atoms. The van der Waals surface area contributed by atoms with Crippen LogP contribution in [0.25, 0.3) is 10.2 Å². The van der Waals surface area contributed by atoms with E-state index in [1.54, 1.807) is 33.5 Å². The molecule has 2 aliphatic rings.